The second-order valence-corrected chi connectivity index (χ2v) is 6.65. The number of fused-ring (bicyclic) bond motifs is 1. The summed E-state index contributed by atoms with van der Waals surface area (Å²) in [5.41, 5.74) is -1.32. The summed E-state index contributed by atoms with van der Waals surface area (Å²) >= 11 is 0. The molecular weight excluding hydrogens is 212 g/mol. The first-order valence-electron chi connectivity index (χ1n) is 6.89. The zero-order valence-corrected chi connectivity index (χ0v) is 11.5. The van der Waals surface area contributed by atoms with E-state index in [4.69, 9.17) is 0 Å². The van der Waals surface area contributed by atoms with Crippen molar-refractivity contribution in [1.82, 2.24) is 0 Å². The standard InChI is InChI=1S/C15H26O2/c1-10-5-6-13-12(9-10)7-8-14(3,17)15(13,4)11(2)16/h7-8,10-13,16-17H,5-6,9H2,1-4H3/t10-,11?,12-,13-,14+,15+/m0/s1. The Kier molecular flexibility index (Phi) is 3.16. The quantitative estimate of drug-likeness (QED) is 0.690. The minimum absolute atomic E-state index is 0.402. The van der Waals surface area contributed by atoms with Crippen LogP contribution in [-0.4, -0.2) is 21.9 Å². The highest BCUT2D eigenvalue weighted by Gasteiger charge is 2.55. The first kappa shape index (κ1) is 13.1. The minimum Gasteiger partial charge on any atom is -0.393 e. The van der Waals surface area contributed by atoms with E-state index in [1.54, 1.807) is 0 Å². The normalized spacial score (nSPS) is 52.0. The van der Waals surface area contributed by atoms with Crippen LogP contribution in [0.1, 0.15) is 47.0 Å². The third-order valence-electron chi connectivity index (χ3n) is 5.56. The molecule has 0 radical (unpaired) electrons. The molecule has 1 unspecified atom stereocenters. The van der Waals surface area contributed by atoms with Crippen molar-refractivity contribution in [3.63, 3.8) is 0 Å². The van der Waals surface area contributed by atoms with Crippen LogP contribution in [0.15, 0.2) is 12.2 Å². The van der Waals surface area contributed by atoms with Gasteiger partial charge in [0.2, 0.25) is 0 Å². The molecule has 2 nitrogen and oxygen atoms in total. The van der Waals surface area contributed by atoms with Crippen LogP contribution < -0.4 is 0 Å². The summed E-state index contributed by atoms with van der Waals surface area (Å²) in [6.45, 7) is 8.01. The number of allylic oxidation sites excluding steroid dienone is 1. The lowest BCUT2D eigenvalue weighted by Gasteiger charge is -2.55. The smallest absolute Gasteiger partial charge is 0.0880 e. The van der Waals surface area contributed by atoms with Crippen LogP contribution in [0, 0.1) is 23.2 Å². The molecule has 0 aromatic carbocycles. The molecule has 0 saturated heterocycles. The van der Waals surface area contributed by atoms with Gasteiger partial charge in [-0.25, -0.2) is 0 Å². The second kappa shape index (κ2) is 4.10. The Morgan fingerprint density at radius 3 is 2.53 bits per heavy atom. The highest BCUT2D eigenvalue weighted by molar-refractivity contribution is 5.19. The van der Waals surface area contributed by atoms with E-state index in [0.717, 1.165) is 12.3 Å². The predicted octanol–water partition coefficient (Wildman–Crippen LogP) is 2.75. The minimum atomic E-state index is -0.900. The summed E-state index contributed by atoms with van der Waals surface area (Å²) in [4.78, 5) is 0. The Balaban J connectivity index is 2.38. The van der Waals surface area contributed by atoms with E-state index in [0.29, 0.717) is 11.8 Å². The average Bonchev–Trinajstić information content (AvgIpc) is 2.23. The van der Waals surface area contributed by atoms with E-state index >= 15 is 0 Å². The molecule has 0 spiro atoms. The van der Waals surface area contributed by atoms with Gasteiger partial charge >= 0.3 is 0 Å². The molecular formula is C15H26O2. The van der Waals surface area contributed by atoms with Gasteiger partial charge in [0.15, 0.2) is 0 Å². The third kappa shape index (κ3) is 1.86. The summed E-state index contributed by atoms with van der Waals surface area (Å²) in [6.07, 6.45) is 7.15. The van der Waals surface area contributed by atoms with E-state index in [-0.39, 0.29) is 0 Å². The summed E-state index contributed by atoms with van der Waals surface area (Å²) in [7, 11) is 0. The SMILES string of the molecule is CC(O)[C@]1(C)[C@H]2CC[C@H](C)C[C@@H]2C=C[C@@]1(C)O. The van der Waals surface area contributed by atoms with Crippen LogP contribution >= 0.6 is 0 Å². The Morgan fingerprint density at radius 1 is 1.29 bits per heavy atom. The lowest BCUT2D eigenvalue weighted by atomic mass is 9.52. The molecule has 2 rings (SSSR count). The second-order valence-electron chi connectivity index (χ2n) is 6.65. The van der Waals surface area contributed by atoms with Gasteiger partial charge in [-0.15, -0.1) is 0 Å². The van der Waals surface area contributed by atoms with Gasteiger partial charge in [-0.3, -0.25) is 0 Å². The van der Waals surface area contributed by atoms with E-state index in [9.17, 15) is 10.2 Å². The lowest BCUT2D eigenvalue weighted by Crippen LogP contribution is -2.58. The Labute approximate surface area is 105 Å². The maximum absolute atomic E-state index is 10.6. The van der Waals surface area contributed by atoms with Crippen molar-refractivity contribution < 1.29 is 10.2 Å². The largest absolute Gasteiger partial charge is 0.393 e. The van der Waals surface area contributed by atoms with E-state index in [1.165, 1.54) is 12.8 Å². The molecule has 0 bridgehead atoms. The van der Waals surface area contributed by atoms with Crippen LogP contribution in [0.4, 0.5) is 0 Å². The summed E-state index contributed by atoms with van der Waals surface area (Å²) in [5.74, 6) is 1.69. The molecule has 2 heteroatoms. The van der Waals surface area contributed by atoms with Crippen molar-refractivity contribution in [3.8, 4) is 0 Å². The van der Waals surface area contributed by atoms with Crippen molar-refractivity contribution in [2.75, 3.05) is 0 Å². The maximum Gasteiger partial charge on any atom is 0.0880 e. The molecule has 0 amide bonds. The molecule has 0 heterocycles. The van der Waals surface area contributed by atoms with Gasteiger partial charge in [0.25, 0.3) is 0 Å². The number of aliphatic hydroxyl groups excluding tert-OH is 1. The van der Waals surface area contributed by atoms with Crippen molar-refractivity contribution in [3.05, 3.63) is 12.2 Å². The number of rotatable bonds is 1. The van der Waals surface area contributed by atoms with Gasteiger partial charge in [0, 0.05) is 5.41 Å². The van der Waals surface area contributed by atoms with Gasteiger partial charge in [-0.2, -0.15) is 0 Å². The molecule has 0 aromatic rings. The van der Waals surface area contributed by atoms with Gasteiger partial charge in [0.05, 0.1) is 11.7 Å². The topological polar surface area (TPSA) is 40.5 Å². The van der Waals surface area contributed by atoms with E-state index in [1.807, 2.05) is 19.9 Å². The molecule has 1 saturated carbocycles. The fourth-order valence-electron chi connectivity index (χ4n) is 3.98. The zero-order chi connectivity index (χ0) is 12.8. The zero-order valence-electron chi connectivity index (χ0n) is 11.5. The molecule has 1 fully saturated rings. The third-order valence-corrected chi connectivity index (χ3v) is 5.56. The first-order valence-corrected chi connectivity index (χ1v) is 6.89. The Morgan fingerprint density at radius 2 is 1.94 bits per heavy atom. The molecule has 2 N–H and O–H groups in total. The Hall–Kier alpha value is -0.340. The van der Waals surface area contributed by atoms with E-state index < -0.39 is 17.1 Å². The van der Waals surface area contributed by atoms with Crippen LogP contribution in [0.5, 0.6) is 0 Å². The van der Waals surface area contributed by atoms with Crippen molar-refractivity contribution in [1.29, 1.82) is 0 Å². The summed E-state index contributed by atoms with van der Waals surface area (Å²) < 4.78 is 0. The van der Waals surface area contributed by atoms with Crippen molar-refractivity contribution >= 4 is 0 Å². The van der Waals surface area contributed by atoms with Crippen molar-refractivity contribution in [2.45, 2.75) is 58.7 Å². The fourth-order valence-corrected chi connectivity index (χ4v) is 3.98. The van der Waals surface area contributed by atoms with Crippen LogP contribution in [-0.2, 0) is 0 Å². The highest BCUT2D eigenvalue weighted by atomic mass is 16.3. The molecule has 0 aliphatic heterocycles. The molecule has 6 atom stereocenters. The summed E-state index contributed by atoms with van der Waals surface area (Å²) in [6, 6.07) is 0. The monoisotopic (exact) mass is 238 g/mol. The molecule has 0 aromatic heterocycles. The predicted molar refractivity (Wildman–Crippen MR) is 69.5 cm³/mol. The molecule has 17 heavy (non-hydrogen) atoms. The van der Waals surface area contributed by atoms with Crippen LogP contribution in [0.3, 0.4) is 0 Å². The molecule has 2 aliphatic rings. The van der Waals surface area contributed by atoms with E-state index in [2.05, 4.69) is 19.9 Å². The number of hydrogen-bond acceptors (Lipinski definition) is 2. The van der Waals surface area contributed by atoms with Gasteiger partial charge in [-0.1, -0.05) is 32.4 Å². The van der Waals surface area contributed by atoms with Gasteiger partial charge in [0.1, 0.15) is 0 Å². The van der Waals surface area contributed by atoms with Gasteiger partial charge in [-0.05, 0) is 44.4 Å². The average molecular weight is 238 g/mol. The summed E-state index contributed by atoms with van der Waals surface area (Å²) in [5, 5.41) is 20.8. The first-order chi connectivity index (χ1) is 7.79. The molecule has 2 aliphatic carbocycles. The number of hydrogen-bond donors (Lipinski definition) is 2. The highest BCUT2D eigenvalue weighted by Crippen LogP contribution is 2.54. The van der Waals surface area contributed by atoms with Crippen LogP contribution in [0.25, 0.3) is 0 Å². The lowest BCUT2D eigenvalue weighted by molar-refractivity contribution is -0.149. The Bertz CT molecular complexity index is 319. The molecule has 98 valence electrons. The number of aliphatic hydroxyl groups is 2. The van der Waals surface area contributed by atoms with Crippen molar-refractivity contribution in [2.24, 2.45) is 23.2 Å². The van der Waals surface area contributed by atoms with Crippen LogP contribution in [0.2, 0.25) is 0 Å². The van der Waals surface area contributed by atoms with Gasteiger partial charge < -0.3 is 10.2 Å². The fraction of sp³-hybridized carbons (Fsp3) is 0.867. The maximum atomic E-state index is 10.6.